The molecule has 0 aromatic heterocycles. The molecule has 1 fully saturated rings. The van der Waals surface area contributed by atoms with Crippen molar-refractivity contribution in [1.82, 2.24) is 9.62 Å². The van der Waals surface area contributed by atoms with E-state index in [-0.39, 0.29) is 37.9 Å². The molecule has 22 heavy (non-hydrogen) atoms. The molecule has 2 rings (SSSR count). The smallest absolute Gasteiger partial charge is 0.251 e. The summed E-state index contributed by atoms with van der Waals surface area (Å²) in [4.78, 5) is 11.5. The lowest BCUT2D eigenvalue weighted by atomic mass is 10.2. The van der Waals surface area contributed by atoms with Crippen molar-refractivity contribution in [2.75, 3.05) is 26.3 Å². The van der Waals surface area contributed by atoms with Crippen LogP contribution in [0.4, 0.5) is 4.39 Å². The molecule has 1 saturated heterocycles. The molecule has 1 aliphatic heterocycles. The summed E-state index contributed by atoms with van der Waals surface area (Å²) in [6, 6.07) is 3.25. The third-order valence-corrected chi connectivity index (χ3v) is 5.11. The number of hydrogen-bond acceptors (Lipinski definition) is 4. The van der Waals surface area contributed by atoms with E-state index in [1.807, 2.05) is 0 Å². The predicted molar refractivity (Wildman–Crippen MR) is 78.6 cm³/mol. The Bertz CT molecular complexity index is 655. The Balaban J connectivity index is 2.35. The first kappa shape index (κ1) is 16.9. The molecule has 1 heterocycles. The topological polar surface area (TPSA) is 75.7 Å². The number of nitrogens with zero attached hydrogens (tertiary/aromatic N) is 1. The second kappa shape index (κ2) is 6.72. The summed E-state index contributed by atoms with van der Waals surface area (Å²) < 4.78 is 45.3. The fourth-order valence-electron chi connectivity index (χ4n) is 2.11. The third-order valence-electron chi connectivity index (χ3n) is 3.20. The van der Waals surface area contributed by atoms with E-state index in [2.05, 4.69) is 5.32 Å². The molecule has 1 aromatic carbocycles. The van der Waals surface area contributed by atoms with Crippen molar-refractivity contribution < 1.29 is 22.3 Å². The summed E-state index contributed by atoms with van der Waals surface area (Å²) in [5.74, 6) is -1.30. The summed E-state index contributed by atoms with van der Waals surface area (Å²) in [7, 11) is -3.98. The maximum Gasteiger partial charge on any atom is 0.251 e. The van der Waals surface area contributed by atoms with E-state index in [9.17, 15) is 17.6 Å². The second-order valence-electron chi connectivity index (χ2n) is 5.29. The molecule has 0 unspecified atom stereocenters. The molecule has 0 spiro atoms. The monoisotopic (exact) mass is 330 g/mol. The standard InChI is InChI=1S/C14H19FN2O4S/c1-10(2)16-14(18)11-3-4-12(15)13(9-11)22(19,20)17-5-7-21-8-6-17/h3-4,9-10H,5-8H2,1-2H3,(H,16,18). The Labute approximate surface area is 129 Å². The van der Waals surface area contributed by atoms with E-state index in [4.69, 9.17) is 4.74 Å². The van der Waals surface area contributed by atoms with Gasteiger partial charge in [-0.2, -0.15) is 4.31 Å². The normalized spacial score (nSPS) is 16.7. The Morgan fingerprint density at radius 3 is 2.55 bits per heavy atom. The van der Waals surface area contributed by atoms with Crippen molar-refractivity contribution in [1.29, 1.82) is 0 Å². The van der Waals surface area contributed by atoms with Gasteiger partial charge in [0.15, 0.2) is 0 Å². The van der Waals surface area contributed by atoms with Crippen LogP contribution in [0.25, 0.3) is 0 Å². The highest BCUT2D eigenvalue weighted by Gasteiger charge is 2.29. The van der Waals surface area contributed by atoms with Crippen molar-refractivity contribution in [3.63, 3.8) is 0 Å². The zero-order chi connectivity index (χ0) is 16.3. The van der Waals surface area contributed by atoms with Crippen LogP contribution < -0.4 is 5.32 Å². The molecule has 1 amide bonds. The Morgan fingerprint density at radius 2 is 1.95 bits per heavy atom. The van der Waals surface area contributed by atoms with Gasteiger partial charge >= 0.3 is 0 Å². The van der Waals surface area contributed by atoms with Crippen molar-refractivity contribution in [3.05, 3.63) is 29.6 Å². The van der Waals surface area contributed by atoms with Gasteiger partial charge in [-0.3, -0.25) is 4.79 Å². The van der Waals surface area contributed by atoms with E-state index in [1.165, 1.54) is 10.4 Å². The van der Waals surface area contributed by atoms with Crippen LogP contribution in [0.15, 0.2) is 23.1 Å². The number of rotatable bonds is 4. The highest BCUT2D eigenvalue weighted by molar-refractivity contribution is 7.89. The number of morpholine rings is 1. The second-order valence-corrected chi connectivity index (χ2v) is 7.20. The minimum Gasteiger partial charge on any atom is -0.379 e. The molecule has 0 saturated carbocycles. The summed E-state index contributed by atoms with van der Waals surface area (Å²) in [6.45, 7) is 4.46. The first-order chi connectivity index (χ1) is 10.3. The van der Waals surface area contributed by atoms with Crippen LogP contribution in [0.1, 0.15) is 24.2 Å². The minimum absolute atomic E-state index is 0.100. The van der Waals surface area contributed by atoms with Gasteiger partial charge in [0, 0.05) is 24.7 Å². The predicted octanol–water partition coefficient (Wildman–Crippen LogP) is 0.985. The number of ether oxygens (including phenoxy) is 1. The van der Waals surface area contributed by atoms with E-state index in [1.54, 1.807) is 13.8 Å². The van der Waals surface area contributed by atoms with Crippen molar-refractivity contribution >= 4 is 15.9 Å². The lowest BCUT2D eigenvalue weighted by Crippen LogP contribution is -2.41. The summed E-state index contributed by atoms with van der Waals surface area (Å²) in [5, 5.41) is 2.65. The largest absolute Gasteiger partial charge is 0.379 e. The number of carbonyl (C=O) groups excluding carboxylic acids is 1. The van der Waals surface area contributed by atoms with Gasteiger partial charge in [0.25, 0.3) is 5.91 Å². The van der Waals surface area contributed by atoms with Crippen LogP contribution in [0.3, 0.4) is 0 Å². The maximum absolute atomic E-state index is 14.0. The average Bonchev–Trinajstić information content (AvgIpc) is 2.47. The first-order valence-electron chi connectivity index (χ1n) is 7.00. The van der Waals surface area contributed by atoms with Crippen molar-refractivity contribution in [3.8, 4) is 0 Å². The van der Waals surface area contributed by atoms with Crippen LogP contribution in [-0.4, -0.2) is 51.0 Å². The van der Waals surface area contributed by atoms with Gasteiger partial charge in [0.05, 0.1) is 13.2 Å². The number of amides is 1. The SMILES string of the molecule is CC(C)NC(=O)c1ccc(F)c(S(=O)(=O)N2CCOCC2)c1. The van der Waals surface area contributed by atoms with Crippen LogP contribution in [-0.2, 0) is 14.8 Å². The van der Waals surface area contributed by atoms with Crippen LogP contribution in [0.2, 0.25) is 0 Å². The van der Waals surface area contributed by atoms with Crippen molar-refractivity contribution in [2.45, 2.75) is 24.8 Å². The lowest BCUT2D eigenvalue weighted by Gasteiger charge is -2.26. The van der Waals surface area contributed by atoms with Crippen molar-refractivity contribution in [2.24, 2.45) is 0 Å². The number of carbonyl (C=O) groups is 1. The van der Waals surface area contributed by atoms with Crippen LogP contribution in [0, 0.1) is 5.82 Å². The molecule has 0 aliphatic carbocycles. The molecule has 122 valence electrons. The number of benzene rings is 1. The van der Waals surface area contributed by atoms with Crippen LogP contribution >= 0.6 is 0 Å². The molecule has 0 atom stereocenters. The fraction of sp³-hybridized carbons (Fsp3) is 0.500. The molecule has 0 bridgehead atoms. The molecule has 8 heteroatoms. The fourth-order valence-corrected chi connectivity index (χ4v) is 3.61. The number of nitrogens with one attached hydrogen (secondary N) is 1. The Kier molecular flexibility index (Phi) is 5.15. The lowest BCUT2D eigenvalue weighted by molar-refractivity contribution is 0.0729. The van der Waals surface area contributed by atoms with Gasteiger partial charge < -0.3 is 10.1 Å². The number of sulfonamides is 1. The molecule has 0 radical (unpaired) electrons. The van der Waals surface area contributed by atoms with Crippen LogP contribution in [0.5, 0.6) is 0 Å². The molecular weight excluding hydrogens is 311 g/mol. The van der Waals surface area contributed by atoms with E-state index in [0.717, 1.165) is 12.1 Å². The summed E-state index contributed by atoms with van der Waals surface area (Å²) in [5.41, 5.74) is 0.113. The molecular formula is C14H19FN2O4S. The first-order valence-corrected chi connectivity index (χ1v) is 8.44. The van der Waals surface area contributed by atoms with E-state index in [0.29, 0.717) is 0 Å². The minimum atomic E-state index is -3.98. The van der Waals surface area contributed by atoms with Gasteiger partial charge in [-0.25, -0.2) is 12.8 Å². The van der Waals surface area contributed by atoms with Gasteiger partial charge in [-0.1, -0.05) is 0 Å². The Morgan fingerprint density at radius 1 is 1.32 bits per heavy atom. The average molecular weight is 330 g/mol. The third kappa shape index (κ3) is 3.63. The highest BCUT2D eigenvalue weighted by atomic mass is 32.2. The van der Waals surface area contributed by atoms with Gasteiger partial charge in [0.2, 0.25) is 10.0 Å². The molecule has 1 N–H and O–H groups in total. The highest BCUT2D eigenvalue weighted by Crippen LogP contribution is 2.21. The zero-order valence-corrected chi connectivity index (χ0v) is 13.3. The molecule has 6 nitrogen and oxygen atoms in total. The maximum atomic E-state index is 14.0. The number of hydrogen-bond donors (Lipinski definition) is 1. The van der Waals surface area contributed by atoms with E-state index < -0.39 is 26.6 Å². The summed E-state index contributed by atoms with van der Waals surface area (Å²) >= 11 is 0. The summed E-state index contributed by atoms with van der Waals surface area (Å²) in [6.07, 6.45) is 0. The molecule has 1 aliphatic rings. The number of halogens is 1. The van der Waals surface area contributed by atoms with Gasteiger partial charge in [-0.15, -0.1) is 0 Å². The zero-order valence-electron chi connectivity index (χ0n) is 12.5. The van der Waals surface area contributed by atoms with Gasteiger partial charge in [0.1, 0.15) is 10.7 Å². The van der Waals surface area contributed by atoms with E-state index >= 15 is 0 Å². The Hall–Kier alpha value is -1.51. The quantitative estimate of drug-likeness (QED) is 0.893. The van der Waals surface area contributed by atoms with Gasteiger partial charge in [-0.05, 0) is 32.0 Å². The molecule has 1 aromatic rings.